The maximum atomic E-state index is 9.14. The lowest BCUT2D eigenvalue weighted by atomic mass is 10.1. The summed E-state index contributed by atoms with van der Waals surface area (Å²) in [6.07, 6.45) is 3.85. The summed E-state index contributed by atoms with van der Waals surface area (Å²) in [6.45, 7) is 2.50. The van der Waals surface area contributed by atoms with Gasteiger partial charge in [0, 0.05) is 17.0 Å². The molecule has 6 heteroatoms. The van der Waals surface area contributed by atoms with Gasteiger partial charge in [-0.15, -0.1) is 5.10 Å². The van der Waals surface area contributed by atoms with Gasteiger partial charge in [0.15, 0.2) is 5.76 Å². The molecule has 0 radical (unpaired) electrons. The molecule has 0 fully saturated rings. The molecule has 2 heterocycles. The molecule has 2 aromatic heterocycles. The molecule has 0 aliphatic heterocycles. The van der Waals surface area contributed by atoms with Gasteiger partial charge >= 0.3 is 0 Å². The average molecular weight is 230 g/mol. The first-order valence-electron chi connectivity index (χ1n) is 5.16. The van der Waals surface area contributed by atoms with E-state index in [2.05, 4.69) is 21.4 Å². The molecule has 0 aromatic carbocycles. The van der Waals surface area contributed by atoms with Crippen LogP contribution in [-0.2, 0) is 0 Å². The second-order valence-electron chi connectivity index (χ2n) is 3.28. The molecule has 0 unspecified atom stereocenters. The van der Waals surface area contributed by atoms with Crippen LogP contribution in [0, 0.1) is 11.3 Å². The zero-order valence-corrected chi connectivity index (χ0v) is 9.25. The topological polar surface area (TPSA) is 84.8 Å². The van der Waals surface area contributed by atoms with Crippen LogP contribution in [-0.4, -0.2) is 22.0 Å². The fraction of sp³-hybridized carbons (Fsp3) is 0.273. The molecule has 0 bridgehead atoms. The van der Waals surface area contributed by atoms with Crippen molar-refractivity contribution >= 4 is 0 Å². The minimum atomic E-state index is 0.309. The van der Waals surface area contributed by atoms with Crippen molar-refractivity contribution in [2.45, 2.75) is 13.3 Å². The van der Waals surface area contributed by atoms with Crippen molar-refractivity contribution in [1.29, 1.82) is 5.26 Å². The Morgan fingerprint density at radius 3 is 3.06 bits per heavy atom. The molecule has 0 spiro atoms. The summed E-state index contributed by atoms with van der Waals surface area (Å²) < 4.78 is 10.3. The van der Waals surface area contributed by atoms with E-state index in [0.717, 1.165) is 6.42 Å². The maximum absolute atomic E-state index is 9.14. The predicted molar refractivity (Wildman–Crippen MR) is 58.0 cm³/mol. The van der Waals surface area contributed by atoms with Gasteiger partial charge in [0.05, 0.1) is 12.8 Å². The number of hydrogen-bond acceptors (Lipinski definition) is 6. The van der Waals surface area contributed by atoms with Crippen LogP contribution in [0.25, 0.3) is 11.3 Å². The van der Waals surface area contributed by atoms with Gasteiger partial charge in [0.2, 0.25) is 5.88 Å². The van der Waals surface area contributed by atoms with Crippen LogP contribution in [0.1, 0.15) is 18.9 Å². The Morgan fingerprint density at radius 1 is 1.53 bits per heavy atom. The molecule has 17 heavy (non-hydrogen) atoms. The van der Waals surface area contributed by atoms with Crippen LogP contribution >= 0.6 is 0 Å². The fourth-order valence-electron chi connectivity index (χ4n) is 1.35. The van der Waals surface area contributed by atoms with Crippen molar-refractivity contribution < 1.29 is 9.26 Å². The third-order valence-electron chi connectivity index (χ3n) is 2.10. The van der Waals surface area contributed by atoms with Crippen molar-refractivity contribution in [3.63, 3.8) is 0 Å². The highest BCUT2D eigenvalue weighted by Gasteiger charge is 2.15. The van der Waals surface area contributed by atoms with Gasteiger partial charge in [-0.05, 0) is 12.5 Å². The average Bonchev–Trinajstić information content (AvgIpc) is 2.89. The van der Waals surface area contributed by atoms with E-state index in [-0.39, 0.29) is 0 Å². The first-order valence-corrected chi connectivity index (χ1v) is 5.16. The highest BCUT2D eigenvalue weighted by Crippen LogP contribution is 2.27. The molecular formula is C11H10N4O2. The van der Waals surface area contributed by atoms with Crippen LogP contribution in [0.15, 0.2) is 23.0 Å². The molecule has 0 aliphatic carbocycles. The van der Waals surface area contributed by atoms with E-state index in [0.29, 0.717) is 29.4 Å². The Bertz CT molecular complexity index is 531. The summed E-state index contributed by atoms with van der Waals surface area (Å²) in [7, 11) is 0. The van der Waals surface area contributed by atoms with Gasteiger partial charge in [-0.3, -0.25) is 0 Å². The third-order valence-corrected chi connectivity index (χ3v) is 2.10. The van der Waals surface area contributed by atoms with Gasteiger partial charge in [-0.2, -0.15) is 5.26 Å². The van der Waals surface area contributed by atoms with E-state index >= 15 is 0 Å². The SMILES string of the molecule is CCCOc1nccc(-c2cnno2)c1C#N. The summed E-state index contributed by atoms with van der Waals surface area (Å²) in [5.74, 6) is 0.730. The first-order chi connectivity index (χ1) is 8.36. The van der Waals surface area contributed by atoms with E-state index in [9.17, 15) is 0 Å². The van der Waals surface area contributed by atoms with Crippen molar-refractivity contribution in [3.8, 4) is 23.3 Å². The largest absolute Gasteiger partial charge is 0.477 e. The molecule has 6 nitrogen and oxygen atoms in total. The molecule has 2 rings (SSSR count). The van der Waals surface area contributed by atoms with E-state index in [1.165, 1.54) is 6.20 Å². The molecule has 0 aliphatic rings. The quantitative estimate of drug-likeness (QED) is 0.796. The molecule has 0 N–H and O–H groups in total. The second-order valence-corrected chi connectivity index (χ2v) is 3.28. The fourth-order valence-corrected chi connectivity index (χ4v) is 1.35. The zero-order valence-electron chi connectivity index (χ0n) is 9.25. The Balaban J connectivity index is 2.44. The minimum absolute atomic E-state index is 0.309. The smallest absolute Gasteiger partial charge is 0.232 e. The first kappa shape index (κ1) is 11.1. The lowest BCUT2D eigenvalue weighted by Gasteiger charge is -2.06. The van der Waals surface area contributed by atoms with Crippen LogP contribution in [0.3, 0.4) is 0 Å². The number of nitrogens with zero attached hydrogens (tertiary/aromatic N) is 4. The summed E-state index contributed by atoms with van der Waals surface area (Å²) in [5, 5.41) is 16.1. The van der Waals surface area contributed by atoms with Gasteiger partial charge < -0.3 is 9.26 Å². The Kier molecular flexibility index (Phi) is 3.31. The third kappa shape index (κ3) is 2.23. The van der Waals surface area contributed by atoms with Crippen molar-refractivity contribution in [2.75, 3.05) is 6.61 Å². The molecular weight excluding hydrogens is 220 g/mol. The second kappa shape index (κ2) is 5.07. The van der Waals surface area contributed by atoms with Gasteiger partial charge in [-0.25, -0.2) is 4.98 Å². The maximum Gasteiger partial charge on any atom is 0.232 e. The van der Waals surface area contributed by atoms with E-state index in [1.54, 1.807) is 12.3 Å². The number of aromatic nitrogens is 3. The molecule has 0 amide bonds. The van der Waals surface area contributed by atoms with Crippen LogP contribution in [0.2, 0.25) is 0 Å². The molecule has 2 aromatic rings. The highest BCUT2D eigenvalue weighted by atomic mass is 16.5. The Hall–Kier alpha value is -2.42. The van der Waals surface area contributed by atoms with Crippen LogP contribution in [0.5, 0.6) is 5.88 Å². The zero-order chi connectivity index (χ0) is 12.1. The molecule has 86 valence electrons. The highest BCUT2D eigenvalue weighted by molar-refractivity contribution is 5.67. The molecule has 0 atom stereocenters. The van der Waals surface area contributed by atoms with E-state index in [4.69, 9.17) is 14.5 Å². The Morgan fingerprint density at radius 2 is 2.41 bits per heavy atom. The van der Waals surface area contributed by atoms with Crippen molar-refractivity contribution in [3.05, 3.63) is 24.0 Å². The number of hydrogen-bond donors (Lipinski definition) is 0. The van der Waals surface area contributed by atoms with Crippen molar-refractivity contribution in [2.24, 2.45) is 0 Å². The van der Waals surface area contributed by atoms with Gasteiger partial charge in [0.25, 0.3) is 0 Å². The number of nitriles is 1. The van der Waals surface area contributed by atoms with Crippen LogP contribution in [0.4, 0.5) is 0 Å². The monoisotopic (exact) mass is 230 g/mol. The molecule has 0 saturated carbocycles. The normalized spacial score (nSPS) is 9.88. The standard InChI is InChI=1S/C11H10N4O2/c1-2-5-16-11-9(6-12)8(3-4-13-11)10-7-14-15-17-10/h3-4,7H,2,5H2,1H3. The summed E-state index contributed by atoms with van der Waals surface area (Å²) >= 11 is 0. The van der Waals surface area contributed by atoms with E-state index in [1.807, 2.05) is 6.92 Å². The van der Waals surface area contributed by atoms with Gasteiger partial charge in [0.1, 0.15) is 11.6 Å². The lowest BCUT2D eigenvalue weighted by Crippen LogP contribution is -2.00. The van der Waals surface area contributed by atoms with Crippen LogP contribution < -0.4 is 4.74 Å². The minimum Gasteiger partial charge on any atom is -0.477 e. The van der Waals surface area contributed by atoms with Gasteiger partial charge in [-0.1, -0.05) is 6.92 Å². The summed E-state index contributed by atoms with van der Waals surface area (Å²) in [6, 6.07) is 3.72. The van der Waals surface area contributed by atoms with E-state index < -0.39 is 0 Å². The molecule has 0 saturated heterocycles. The summed E-state index contributed by atoms with van der Waals surface area (Å²) in [5.41, 5.74) is 0.915. The van der Waals surface area contributed by atoms with Crippen molar-refractivity contribution in [1.82, 2.24) is 15.4 Å². The number of pyridine rings is 1. The Labute approximate surface area is 97.8 Å². The lowest BCUT2D eigenvalue weighted by molar-refractivity contribution is 0.304. The predicted octanol–water partition coefficient (Wildman–Crippen LogP) is 1.79. The number of rotatable bonds is 4. The summed E-state index contributed by atoms with van der Waals surface area (Å²) in [4.78, 5) is 4.03. The number of ether oxygens (including phenoxy) is 1.